The third-order valence-corrected chi connectivity index (χ3v) is 5.72. The van der Waals surface area contributed by atoms with Gasteiger partial charge in [-0.3, -0.25) is 14.5 Å². The number of rotatable bonds is 6. The summed E-state index contributed by atoms with van der Waals surface area (Å²) in [7, 11) is 1.53. The minimum atomic E-state index is -0.366. The Morgan fingerprint density at radius 1 is 1.03 bits per heavy atom. The van der Waals surface area contributed by atoms with Crippen LogP contribution < -0.4 is 10.1 Å². The van der Waals surface area contributed by atoms with Gasteiger partial charge in [-0.2, -0.15) is 0 Å². The van der Waals surface area contributed by atoms with Gasteiger partial charge >= 0.3 is 0 Å². The molecular formula is C22H17ClN2O3S. The summed E-state index contributed by atoms with van der Waals surface area (Å²) in [4.78, 5) is 28.3. The second-order valence-corrected chi connectivity index (χ2v) is 7.74. The van der Waals surface area contributed by atoms with E-state index in [-0.39, 0.29) is 24.1 Å². The zero-order valence-corrected chi connectivity index (χ0v) is 17.1. The highest BCUT2D eigenvalue weighted by Crippen LogP contribution is 2.35. The Balaban J connectivity index is 1.70. The SMILES string of the molecule is COc1ccc(NC2=C(c3cccs3)C(=O)N(Cc3ccccc3)C2=O)cc1Cl. The predicted octanol–water partition coefficient (Wildman–Crippen LogP) is 4.80. The Labute approximate surface area is 177 Å². The van der Waals surface area contributed by atoms with Crippen molar-refractivity contribution in [3.63, 3.8) is 0 Å². The second kappa shape index (κ2) is 8.11. The molecule has 0 bridgehead atoms. The number of imide groups is 1. The molecule has 4 rings (SSSR count). The van der Waals surface area contributed by atoms with E-state index in [1.54, 1.807) is 18.2 Å². The first-order valence-electron chi connectivity index (χ1n) is 8.87. The highest BCUT2D eigenvalue weighted by atomic mass is 35.5. The van der Waals surface area contributed by atoms with Crippen LogP contribution in [0.3, 0.4) is 0 Å². The van der Waals surface area contributed by atoms with Crippen LogP contribution in [0.15, 0.2) is 71.7 Å². The van der Waals surface area contributed by atoms with Crippen LogP contribution in [0, 0.1) is 0 Å². The molecule has 0 spiro atoms. The van der Waals surface area contributed by atoms with Gasteiger partial charge in [-0.15, -0.1) is 11.3 Å². The molecule has 5 nitrogen and oxygen atoms in total. The molecule has 7 heteroatoms. The molecule has 2 heterocycles. The van der Waals surface area contributed by atoms with Gasteiger partial charge in [-0.25, -0.2) is 0 Å². The molecule has 0 atom stereocenters. The number of carbonyl (C=O) groups excluding carboxylic acids is 2. The molecule has 0 unspecified atom stereocenters. The van der Waals surface area contributed by atoms with Gasteiger partial charge in [-0.1, -0.05) is 48.0 Å². The number of methoxy groups -OCH3 is 1. The van der Waals surface area contributed by atoms with E-state index in [2.05, 4.69) is 5.32 Å². The summed E-state index contributed by atoms with van der Waals surface area (Å²) in [5.41, 5.74) is 2.10. The van der Waals surface area contributed by atoms with Gasteiger partial charge < -0.3 is 10.1 Å². The Hall–Kier alpha value is -3.09. The monoisotopic (exact) mass is 424 g/mol. The maximum absolute atomic E-state index is 13.2. The zero-order valence-electron chi connectivity index (χ0n) is 15.5. The number of anilines is 1. The number of hydrogen-bond acceptors (Lipinski definition) is 5. The van der Waals surface area contributed by atoms with Crippen molar-refractivity contribution >= 4 is 46.0 Å². The van der Waals surface area contributed by atoms with Gasteiger partial charge in [-0.05, 0) is 35.2 Å². The molecule has 1 N–H and O–H groups in total. The number of benzene rings is 2. The minimum absolute atomic E-state index is 0.210. The number of thiophene rings is 1. The van der Waals surface area contributed by atoms with E-state index in [9.17, 15) is 9.59 Å². The Morgan fingerprint density at radius 2 is 1.83 bits per heavy atom. The first kappa shape index (κ1) is 19.2. The van der Waals surface area contributed by atoms with Crippen molar-refractivity contribution in [3.8, 4) is 5.75 Å². The van der Waals surface area contributed by atoms with Crippen molar-refractivity contribution in [1.29, 1.82) is 0 Å². The molecule has 1 aliphatic heterocycles. The molecule has 0 saturated carbocycles. The Kier molecular flexibility index (Phi) is 5.38. The van der Waals surface area contributed by atoms with Crippen LogP contribution in [0.1, 0.15) is 10.4 Å². The summed E-state index contributed by atoms with van der Waals surface area (Å²) in [5.74, 6) is -0.151. The van der Waals surface area contributed by atoms with Gasteiger partial charge in [0.1, 0.15) is 11.4 Å². The fourth-order valence-corrected chi connectivity index (χ4v) is 4.17. The number of hydrogen-bond donors (Lipinski definition) is 1. The predicted molar refractivity (Wildman–Crippen MR) is 115 cm³/mol. The lowest BCUT2D eigenvalue weighted by atomic mass is 10.2. The van der Waals surface area contributed by atoms with Crippen LogP contribution in [-0.4, -0.2) is 23.8 Å². The molecule has 0 aliphatic carbocycles. The Morgan fingerprint density at radius 3 is 2.48 bits per heavy atom. The zero-order chi connectivity index (χ0) is 20.4. The van der Waals surface area contributed by atoms with Gasteiger partial charge in [0.25, 0.3) is 11.8 Å². The lowest BCUT2D eigenvalue weighted by molar-refractivity contribution is -0.137. The average molecular weight is 425 g/mol. The van der Waals surface area contributed by atoms with Crippen molar-refractivity contribution in [2.75, 3.05) is 12.4 Å². The molecule has 3 aromatic rings. The maximum atomic E-state index is 13.2. The minimum Gasteiger partial charge on any atom is -0.495 e. The summed E-state index contributed by atoms with van der Waals surface area (Å²) < 4.78 is 5.17. The fraction of sp³-hybridized carbons (Fsp3) is 0.0909. The van der Waals surface area contributed by atoms with Crippen molar-refractivity contribution in [3.05, 3.63) is 87.2 Å². The van der Waals surface area contributed by atoms with E-state index in [1.165, 1.54) is 23.3 Å². The van der Waals surface area contributed by atoms with Crippen LogP contribution in [0.5, 0.6) is 5.75 Å². The number of nitrogens with zero attached hydrogens (tertiary/aromatic N) is 1. The topological polar surface area (TPSA) is 58.6 Å². The van der Waals surface area contributed by atoms with Crippen molar-refractivity contribution < 1.29 is 14.3 Å². The van der Waals surface area contributed by atoms with Gasteiger partial charge in [0.15, 0.2) is 0 Å². The highest BCUT2D eigenvalue weighted by molar-refractivity contribution is 7.11. The van der Waals surface area contributed by atoms with Crippen LogP contribution in [0.4, 0.5) is 5.69 Å². The molecule has 2 amide bonds. The van der Waals surface area contributed by atoms with E-state index in [0.717, 1.165) is 10.4 Å². The molecular weight excluding hydrogens is 408 g/mol. The summed E-state index contributed by atoms with van der Waals surface area (Å²) in [6.07, 6.45) is 0. The molecule has 0 radical (unpaired) electrons. The molecule has 1 aliphatic rings. The number of amides is 2. The summed E-state index contributed by atoms with van der Waals surface area (Å²) in [5, 5.41) is 5.39. The largest absolute Gasteiger partial charge is 0.495 e. The molecule has 2 aromatic carbocycles. The molecule has 0 fully saturated rings. The smallest absolute Gasteiger partial charge is 0.278 e. The van der Waals surface area contributed by atoms with Crippen LogP contribution >= 0.6 is 22.9 Å². The number of ether oxygens (including phenoxy) is 1. The van der Waals surface area contributed by atoms with E-state index in [4.69, 9.17) is 16.3 Å². The summed E-state index contributed by atoms with van der Waals surface area (Å²) >= 11 is 7.62. The molecule has 146 valence electrons. The van der Waals surface area contributed by atoms with Gasteiger partial charge in [0.2, 0.25) is 0 Å². The van der Waals surface area contributed by atoms with E-state index in [0.29, 0.717) is 22.0 Å². The number of nitrogens with one attached hydrogen (secondary N) is 1. The fourth-order valence-electron chi connectivity index (χ4n) is 3.14. The Bertz CT molecular complexity index is 1090. The third-order valence-electron chi connectivity index (χ3n) is 4.54. The van der Waals surface area contributed by atoms with Crippen molar-refractivity contribution in [2.45, 2.75) is 6.54 Å². The van der Waals surface area contributed by atoms with Crippen LogP contribution in [0.25, 0.3) is 5.57 Å². The van der Waals surface area contributed by atoms with Crippen molar-refractivity contribution in [1.82, 2.24) is 4.90 Å². The lowest BCUT2D eigenvalue weighted by Gasteiger charge is -2.15. The summed E-state index contributed by atoms with van der Waals surface area (Å²) in [6.45, 7) is 0.210. The second-order valence-electron chi connectivity index (χ2n) is 6.38. The van der Waals surface area contributed by atoms with Crippen LogP contribution in [0.2, 0.25) is 5.02 Å². The van der Waals surface area contributed by atoms with Gasteiger partial charge in [0.05, 0.1) is 24.3 Å². The summed E-state index contributed by atoms with van der Waals surface area (Å²) in [6, 6.07) is 18.2. The number of carbonyl (C=O) groups is 2. The molecule has 1 aromatic heterocycles. The quantitative estimate of drug-likeness (QED) is 0.577. The normalized spacial score (nSPS) is 13.9. The van der Waals surface area contributed by atoms with E-state index >= 15 is 0 Å². The molecule has 0 saturated heterocycles. The van der Waals surface area contributed by atoms with Gasteiger partial charge in [0, 0.05) is 10.6 Å². The first-order valence-corrected chi connectivity index (χ1v) is 10.1. The third kappa shape index (κ3) is 3.77. The van der Waals surface area contributed by atoms with E-state index < -0.39 is 0 Å². The van der Waals surface area contributed by atoms with Crippen molar-refractivity contribution in [2.24, 2.45) is 0 Å². The van der Waals surface area contributed by atoms with Crippen LogP contribution in [-0.2, 0) is 16.1 Å². The highest BCUT2D eigenvalue weighted by Gasteiger charge is 2.39. The lowest BCUT2D eigenvalue weighted by Crippen LogP contribution is -2.31. The molecule has 29 heavy (non-hydrogen) atoms. The maximum Gasteiger partial charge on any atom is 0.278 e. The first-order chi connectivity index (χ1) is 14.1. The standard InChI is InChI=1S/C22H17ClN2O3S/c1-28-17-10-9-15(12-16(17)23)24-20-19(18-8-5-11-29-18)21(26)25(22(20)27)13-14-6-3-2-4-7-14/h2-12,24H,13H2,1H3. The number of halogens is 1. The van der Waals surface area contributed by atoms with E-state index in [1.807, 2.05) is 47.8 Å². The average Bonchev–Trinajstić information content (AvgIpc) is 3.32.